The summed E-state index contributed by atoms with van der Waals surface area (Å²) in [5.41, 5.74) is 1.17. The third-order valence-corrected chi connectivity index (χ3v) is 4.36. The van der Waals surface area contributed by atoms with Crippen LogP contribution in [-0.4, -0.2) is 9.97 Å². The molecule has 0 radical (unpaired) electrons. The molecule has 4 heteroatoms. The Hall–Kier alpha value is -1.16. The molecular weight excluding hydrogens is 232 g/mol. The molecule has 1 unspecified atom stereocenters. The second kappa shape index (κ2) is 4.61. The van der Waals surface area contributed by atoms with E-state index in [4.69, 9.17) is 0 Å². The fourth-order valence-corrected chi connectivity index (χ4v) is 3.17. The molecule has 2 aromatic heterocycles. The minimum atomic E-state index is 0.0199. The minimum absolute atomic E-state index is 0.0199. The van der Waals surface area contributed by atoms with Crippen LogP contribution in [0.2, 0.25) is 0 Å². The van der Waals surface area contributed by atoms with E-state index in [-0.39, 0.29) is 5.56 Å². The lowest BCUT2D eigenvalue weighted by Crippen LogP contribution is -2.13. The van der Waals surface area contributed by atoms with E-state index >= 15 is 0 Å². The van der Waals surface area contributed by atoms with E-state index in [9.17, 15) is 4.79 Å². The van der Waals surface area contributed by atoms with Crippen LogP contribution in [0.4, 0.5) is 0 Å². The number of aromatic nitrogens is 2. The summed E-state index contributed by atoms with van der Waals surface area (Å²) in [4.78, 5) is 21.7. The van der Waals surface area contributed by atoms with Crippen LogP contribution >= 0.6 is 11.3 Å². The fraction of sp³-hybridized carbons (Fsp3) is 0.538. The highest BCUT2D eigenvalue weighted by molar-refractivity contribution is 7.18. The summed E-state index contributed by atoms with van der Waals surface area (Å²) in [5.74, 6) is 1.12. The van der Waals surface area contributed by atoms with Crippen molar-refractivity contribution in [1.29, 1.82) is 0 Å². The number of rotatable bonds is 3. The Balaban J connectivity index is 2.72. The van der Waals surface area contributed by atoms with Gasteiger partial charge in [-0.3, -0.25) is 4.79 Å². The Kier molecular flexibility index (Phi) is 3.33. The van der Waals surface area contributed by atoms with Crippen LogP contribution < -0.4 is 5.56 Å². The van der Waals surface area contributed by atoms with Crippen molar-refractivity contribution in [2.24, 2.45) is 0 Å². The van der Waals surface area contributed by atoms with Crippen molar-refractivity contribution in [3.63, 3.8) is 0 Å². The van der Waals surface area contributed by atoms with E-state index in [1.165, 1.54) is 4.88 Å². The summed E-state index contributed by atoms with van der Waals surface area (Å²) in [6, 6.07) is 0. The van der Waals surface area contributed by atoms with E-state index in [1.54, 1.807) is 11.3 Å². The molecule has 0 saturated carbocycles. The first-order chi connectivity index (χ1) is 8.08. The number of thiophene rings is 1. The van der Waals surface area contributed by atoms with Crippen molar-refractivity contribution in [3.05, 3.63) is 26.6 Å². The average Bonchev–Trinajstić information content (AvgIpc) is 2.63. The summed E-state index contributed by atoms with van der Waals surface area (Å²) < 4.78 is 0. The number of fused-ring (bicyclic) bond motifs is 1. The van der Waals surface area contributed by atoms with Gasteiger partial charge >= 0.3 is 0 Å². The van der Waals surface area contributed by atoms with Gasteiger partial charge in [-0.25, -0.2) is 4.98 Å². The molecule has 0 fully saturated rings. The third kappa shape index (κ3) is 2.02. The third-order valence-electron chi connectivity index (χ3n) is 3.31. The number of aryl methyl sites for hydroxylation is 2. The maximum Gasteiger partial charge on any atom is 0.259 e. The molecule has 0 amide bonds. The Labute approximate surface area is 105 Å². The Morgan fingerprint density at radius 2 is 2.12 bits per heavy atom. The van der Waals surface area contributed by atoms with Crippen molar-refractivity contribution in [3.8, 4) is 0 Å². The molecule has 2 aromatic rings. The molecule has 3 nitrogen and oxygen atoms in total. The van der Waals surface area contributed by atoms with Crippen LogP contribution in [0.3, 0.4) is 0 Å². The van der Waals surface area contributed by atoms with Crippen LogP contribution in [0.15, 0.2) is 4.79 Å². The molecule has 1 atom stereocenters. The highest BCUT2D eigenvalue weighted by Gasteiger charge is 2.15. The van der Waals surface area contributed by atoms with Gasteiger partial charge in [-0.1, -0.05) is 20.8 Å². The minimum Gasteiger partial charge on any atom is -0.310 e. The zero-order valence-electron chi connectivity index (χ0n) is 10.8. The number of H-pyrrole nitrogens is 1. The molecule has 0 aliphatic heterocycles. The number of nitrogens with one attached hydrogen (secondary N) is 1. The lowest BCUT2D eigenvalue weighted by molar-refractivity contribution is 0.680. The zero-order valence-corrected chi connectivity index (χ0v) is 11.6. The Morgan fingerprint density at radius 1 is 1.41 bits per heavy atom. The van der Waals surface area contributed by atoms with Gasteiger partial charge < -0.3 is 4.98 Å². The average molecular weight is 250 g/mol. The molecule has 92 valence electrons. The number of hydrogen-bond acceptors (Lipinski definition) is 3. The molecule has 0 aliphatic rings. The van der Waals surface area contributed by atoms with Gasteiger partial charge in [0.05, 0.1) is 5.39 Å². The van der Waals surface area contributed by atoms with Gasteiger partial charge in [-0.2, -0.15) is 0 Å². The predicted molar refractivity (Wildman–Crippen MR) is 73.1 cm³/mol. The zero-order chi connectivity index (χ0) is 12.6. The standard InChI is InChI=1S/C13H18N2OS/c1-5-7(3)11-14-12(16)10-9(6-2)8(4)17-13(10)15-11/h7H,5-6H2,1-4H3,(H,14,15,16). The van der Waals surface area contributed by atoms with E-state index in [0.717, 1.165) is 34.4 Å². The van der Waals surface area contributed by atoms with Crippen LogP contribution in [0, 0.1) is 6.92 Å². The van der Waals surface area contributed by atoms with Crippen LogP contribution in [0.1, 0.15) is 49.4 Å². The molecular formula is C13H18N2OS. The van der Waals surface area contributed by atoms with Gasteiger partial charge in [-0.15, -0.1) is 11.3 Å². The normalized spacial score (nSPS) is 13.2. The highest BCUT2D eigenvalue weighted by Crippen LogP contribution is 2.28. The maximum absolute atomic E-state index is 12.1. The summed E-state index contributed by atoms with van der Waals surface area (Å²) in [7, 11) is 0. The maximum atomic E-state index is 12.1. The second-order valence-electron chi connectivity index (χ2n) is 4.43. The van der Waals surface area contributed by atoms with Gasteiger partial charge in [0.1, 0.15) is 10.7 Å². The molecule has 0 aromatic carbocycles. The largest absolute Gasteiger partial charge is 0.310 e. The molecule has 0 bridgehead atoms. The predicted octanol–water partition coefficient (Wildman–Crippen LogP) is 3.37. The van der Waals surface area contributed by atoms with E-state index in [0.29, 0.717) is 5.92 Å². The fourth-order valence-electron chi connectivity index (χ4n) is 2.04. The van der Waals surface area contributed by atoms with Crippen molar-refractivity contribution in [2.75, 3.05) is 0 Å². The summed E-state index contributed by atoms with van der Waals surface area (Å²) in [6.07, 6.45) is 1.87. The first-order valence-electron chi connectivity index (χ1n) is 6.10. The number of aromatic amines is 1. The monoisotopic (exact) mass is 250 g/mol. The number of nitrogens with zero attached hydrogens (tertiary/aromatic N) is 1. The van der Waals surface area contributed by atoms with Gasteiger partial charge in [0, 0.05) is 10.8 Å². The first kappa shape index (κ1) is 12.3. The van der Waals surface area contributed by atoms with E-state index < -0.39 is 0 Å². The van der Waals surface area contributed by atoms with Crippen LogP contribution in [0.5, 0.6) is 0 Å². The smallest absolute Gasteiger partial charge is 0.259 e. The van der Waals surface area contributed by atoms with Crippen molar-refractivity contribution in [1.82, 2.24) is 9.97 Å². The first-order valence-corrected chi connectivity index (χ1v) is 6.92. The van der Waals surface area contributed by atoms with E-state index in [1.807, 2.05) is 0 Å². The molecule has 17 heavy (non-hydrogen) atoms. The summed E-state index contributed by atoms with van der Waals surface area (Å²) in [5, 5.41) is 0.794. The molecule has 2 rings (SSSR count). The van der Waals surface area contributed by atoms with Gasteiger partial charge in [0.2, 0.25) is 0 Å². The summed E-state index contributed by atoms with van der Waals surface area (Å²) in [6.45, 7) is 8.33. The van der Waals surface area contributed by atoms with Gasteiger partial charge in [0.25, 0.3) is 5.56 Å². The number of hydrogen-bond donors (Lipinski definition) is 1. The Bertz CT molecular complexity index is 597. The van der Waals surface area contributed by atoms with Crippen molar-refractivity contribution in [2.45, 2.75) is 46.5 Å². The van der Waals surface area contributed by atoms with Crippen LogP contribution in [0.25, 0.3) is 10.2 Å². The quantitative estimate of drug-likeness (QED) is 0.907. The molecule has 1 N–H and O–H groups in total. The highest BCUT2D eigenvalue weighted by atomic mass is 32.1. The van der Waals surface area contributed by atoms with Gasteiger partial charge in [0.15, 0.2) is 0 Å². The van der Waals surface area contributed by atoms with Crippen LogP contribution in [-0.2, 0) is 6.42 Å². The topological polar surface area (TPSA) is 45.8 Å². The van der Waals surface area contributed by atoms with Gasteiger partial charge in [-0.05, 0) is 25.3 Å². The molecule has 0 saturated heterocycles. The second-order valence-corrected chi connectivity index (χ2v) is 5.63. The van der Waals surface area contributed by atoms with Crippen molar-refractivity contribution < 1.29 is 0 Å². The Morgan fingerprint density at radius 3 is 2.71 bits per heavy atom. The molecule has 2 heterocycles. The molecule has 0 spiro atoms. The van der Waals surface area contributed by atoms with Crippen molar-refractivity contribution >= 4 is 21.6 Å². The lowest BCUT2D eigenvalue weighted by Gasteiger charge is -2.07. The molecule has 0 aliphatic carbocycles. The SMILES string of the molecule is CCc1c(C)sc2nc(C(C)CC)[nH]c(=O)c12. The van der Waals surface area contributed by atoms with E-state index in [2.05, 4.69) is 37.7 Å². The summed E-state index contributed by atoms with van der Waals surface area (Å²) >= 11 is 1.63. The lowest BCUT2D eigenvalue weighted by atomic mass is 10.1.